The third-order valence-electron chi connectivity index (χ3n) is 1.74. The highest BCUT2D eigenvalue weighted by molar-refractivity contribution is 9.10. The molecule has 1 aromatic heterocycles. The monoisotopic (exact) mass is 333 g/mol. The molecule has 0 amide bonds. The first kappa shape index (κ1) is 13.9. The minimum absolute atomic E-state index is 0. The van der Waals surface area contributed by atoms with Gasteiger partial charge in [0.05, 0.1) is 0 Å². The second kappa shape index (κ2) is 5.95. The summed E-state index contributed by atoms with van der Waals surface area (Å²) >= 11 is 4.78. The second-order valence-electron chi connectivity index (χ2n) is 2.91. The number of halogens is 2. The molecule has 0 aliphatic carbocycles. The van der Waals surface area contributed by atoms with Crippen molar-refractivity contribution in [1.29, 1.82) is 0 Å². The van der Waals surface area contributed by atoms with Gasteiger partial charge < -0.3 is 11.5 Å². The van der Waals surface area contributed by atoms with Gasteiger partial charge in [-0.1, -0.05) is 45.5 Å². The summed E-state index contributed by atoms with van der Waals surface area (Å²) < 4.78 is 0.961. The molecule has 0 aliphatic heterocycles. The van der Waals surface area contributed by atoms with Gasteiger partial charge >= 0.3 is 0 Å². The van der Waals surface area contributed by atoms with Crippen molar-refractivity contribution in [3.63, 3.8) is 0 Å². The number of guanidine groups is 1. The van der Waals surface area contributed by atoms with Crippen LogP contribution in [0.3, 0.4) is 0 Å². The van der Waals surface area contributed by atoms with Crippen LogP contribution < -0.4 is 11.5 Å². The first-order valence-corrected chi connectivity index (χ1v) is 5.96. The van der Waals surface area contributed by atoms with E-state index < -0.39 is 0 Å². The van der Waals surface area contributed by atoms with E-state index in [0.717, 1.165) is 15.0 Å². The third kappa shape index (κ3) is 3.39. The van der Waals surface area contributed by atoms with Crippen molar-refractivity contribution in [3.05, 3.63) is 28.7 Å². The Bertz CT molecular complexity index is 538. The summed E-state index contributed by atoms with van der Waals surface area (Å²) in [5.41, 5.74) is 11.5. The number of benzene rings is 1. The lowest BCUT2D eigenvalue weighted by molar-refractivity contribution is 1.08. The summed E-state index contributed by atoms with van der Waals surface area (Å²) in [4.78, 5) is 3.84. The number of nitrogens with zero attached hydrogens (tertiary/aromatic N) is 3. The lowest BCUT2D eigenvalue weighted by Crippen LogP contribution is -2.21. The van der Waals surface area contributed by atoms with Crippen LogP contribution >= 0.6 is 39.7 Å². The van der Waals surface area contributed by atoms with Crippen molar-refractivity contribution in [2.75, 3.05) is 0 Å². The predicted octanol–water partition coefficient (Wildman–Crippen LogP) is 2.29. The fourth-order valence-electron chi connectivity index (χ4n) is 1.11. The average molecular weight is 335 g/mol. The third-order valence-corrected chi connectivity index (χ3v) is 3.29. The first-order valence-electron chi connectivity index (χ1n) is 4.35. The largest absolute Gasteiger partial charge is 0.370 e. The molecule has 0 bridgehead atoms. The van der Waals surface area contributed by atoms with Gasteiger partial charge in [0.25, 0.3) is 0 Å². The molecule has 0 fully saturated rings. The Morgan fingerprint density at radius 1 is 1.24 bits per heavy atom. The van der Waals surface area contributed by atoms with Gasteiger partial charge in [-0.25, -0.2) is 0 Å². The Kier molecular flexibility index (Phi) is 4.86. The quantitative estimate of drug-likeness (QED) is 0.651. The normalized spacial score (nSPS) is 9.47. The van der Waals surface area contributed by atoms with Gasteiger partial charge in [-0.05, 0) is 6.07 Å². The highest BCUT2D eigenvalue weighted by Crippen LogP contribution is 2.32. The summed E-state index contributed by atoms with van der Waals surface area (Å²) in [5, 5.41) is 9.12. The Balaban J connectivity index is 0.00000144. The minimum atomic E-state index is -0.0187. The molecule has 0 saturated heterocycles. The summed E-state index contributed by atoms with van der Waals surface area (Å²) in [6, 6.07) is 7.76. The van der Waals surface area contributed by atoms with E-state index in [1.807, 2.05) is 24.3 Å². The molecule has 17 heavy (non-hydrogen) atoms. The van der Waals surface area contributed by atoms with Crippen LogP contribution in [-0.2, 0) is 0 Å². The molecule has 4 N–H and O–H groups in total. The molecule has 0 radical (unpaired) electrons. The van der Waals surface area contributed by atoms with Gasteiger partial charge in [-0.2, -0.15) is 4.99 Å². The second-order valence-corrected chi connectivity index (χ2v) is 4.72. The van der Waals surface area contributed by atoms with E-state index in [1.54, 1.807) is 0 Å². The standard InChI is InChI=1S/C9H8BrN5S.ClH/c10-6-4-2-1-3-5(6)7-14-15-9(16-7)13-8(11)12;/h1-4H,(H4,11,12,13,15);1H. The molecule has 5 nitrogen and oxygen atoms in total. The lowest BCUT2D eigenvalue weighted by Gasteiger charge is -1.96. The summed E-state index contributed by atoms with van der Waals surface area (Å²) in [5.74, 6) is -0.0187. The molecule has 8 heteroatoms. The van der Waals surface area contributed by atoms with Gasteiger partial charge in [0, 0.05) is 10.0 Å². The van der Waals surface area contributed by atoms with Crippen LogP contribution in [0.4, 0.5) is 5.13 Å². The van der Waals surface area contributed by atoms with Crippen LogP contribution in [-0.4, -0.2) is 16.2 Å². The molecule has 0 spiro atoms. The topological polar surface area (TPSA) is 90.2 Å². The molecule has 0 atom stereocenters. The highest BCUT2D eigenvalue weighted by atomic mass is 79.9. The smallest absolute Gasteiger partial charge is 0.235 e. The van der Waals surface area contributed by atoms with Gasteiger partial charge in [-0.15, -0.1) is 22.6 Å². The van der Waals surface area contributed by atoms with E-state index in [-0.39, 0.29) is 18.4 Å². The fraction of sp³-hybridized carbons (Fsp3) is 0. The molecule has 0 aliphatic rings. The molecule has 90 valence electrons. The van der Waals surface area contributed by atoms with Crippen LogP contribution in [0.2, 0.25) is 0 Å². The van der Waals surface area contributed by atoms with Gasteiger partial charge in [0.2, 0.25) is 5.13 Å². The number of hydrogen-bond donors (Lipinski definition) is 2. The van der Waals surface area contributed by atoms with Gasteiger partial charge in [0.15, 0.2) is 11.0 Å². The lowest BCUT2D eigenvalue weighted by atomic mass is 10.2. The van der Waals surface area contributed by atoms with E-state index in [1.165, 1.54) is 11.3 Å². The molecule has 2 rings (SSSR count). The Labute approximate surface area is 116 Å². The van der Waals surface area contributed by atoms with E-state index in [2.05, 4.69) is 31.1 Å². The molecule has 0 unspecified atom stereocenters. The fourth-order valence-corrected chi connectivity index (χ4v) is 2.49. The SMILES string of the molecule is Cl.NC(N)=Nc1nnc(-c2ccccc2Br)s1. The summed E-state index contributed by atoms with van der Waals surface area (Å²) in [6.45, 7) is 0. The number of hydrogen-bond acceptors (Lipinski definition) is 4. The number of aromatic nitrogens is 2. The Morgan fingerprint density at radius 3 is 2.59 bits per heavy atom. The predicted molar refractivity (Wildman–Crippen MR) is 75.8 cm³/mol. The maximum Gasteiger partial charge on any atom is 0.235 e. The Morgan fingerprint density at radius 2 is 1.94 bits per heavy atom. The van der Waals surface area contributed by atoms with Crippen molar-refractivity contribution in [2.24, 2.45) is 16.5 Å². The zero-order valence-corrected chi connectivity index (χ0v) is 11.7. The van der Waals surface area contributed by atoms with Gasteiger partial charge in [0.1, 0.15) is 0 Å². The van der Waals surface area contributed by atoms with Crippen molar-refractivity contribution in [1.82, 2.24) is 10.2 Å². The number of aliphatic imine (C=N–C) groups is 1. The first-order chi connectivity index (χ1) is 7.66. The van der Waals surface area contributed by atoms with Crippen LogP contribution in [0.5, 0.6) is 0 Å². The number of nitrogens with two attached hydrogens (primary N) is 2. The van der Waals surface area contributed by atoms with Crippen LogP contribution in [0.1, 0.15) is 0 Å². The molecule has 1 heterocycles. The Hall–Kier alpha value is -1.18. The highest BCUT2D eigenvalue weighted by Gasteiger charge is 2.08. The summed E-state index contributed by atoms with van der Waals surface area (Å²) in [7, 11) is 0. The summed E-state index contributed by atoms with van der Waals surface area (Å²) in [6.07, 6.45) is 0. The molecular weight excluding hydrogens is 326 g/mol. The molecule has 0 saturated carbocycles. The van der Waals surface area contributed by atoms with E-state index >= 15 is 0 Å². The zero-order valence-electron chi connectivity index (χ0n) is 8.50. The van der Waals surface area contributed by atoms with Crippen molar-refractivity contribution >= 4 is 50.8 Å². The van der Waals surface area contributed by atoms with Crippen molar-refractivity contribution < 1.29 is 0 Å². The molecule has 2 aromatic rings. The van der Waals surface area contributed by atoms with Crippen LogP contribution in [0, 0.1) is 0 Å². The van der Waals surface area contributed by atoms with Crippen molar-refractivity contribution in [2.45, 2.75) is 0 Å². The van der Waals surface area contributed by atoms with E-state index in [4.69, 9.17) is 11.5 Å². The minimum Gasteiger partial charge on any atom is -0.370 e. The average Bonchev–Trinajstić information content (AvgIpc) is 2.66. The molecule has 1 aromatic carbocycles. The van der Waals surface area contributed by atoms with Gasteiger partial charge in [-0.3, -0.25) is 0 Å². The van der Waals surface area contributed by atoms with Crippen molar-refractivity contribution in [3.8, 4) is 10.6 Å². The van der Waals surface area contributed by atoms with Crippen LogP contribution in [0.25, 0.3) is 10.6 Å². The van der Waals surface area contributed by atoms with E-state index in [0.29, 0.717) is 5.13 Å². The maximum atomic E-state index is 5.26. The van der Waals surface area contributed by atoms with E-state index in [9.17, 15) is 0 Å². The zero-order chi connectivity index (χ0) is 11.5. The number of rotatable bonds is 2. The molecular formula is C9H9BrClN5S. The van der Waals surface area contributed by atoms with Crippen LogP contribution in [0.15, 0.2) is 33.7 Å². The maximum absolute atomic E-state index is 5.26.